The zero-order valence-electron chi connectivity index (χ0n) is 11.7. The molecule has 21 heavy (non-hydrogen) atoms. The number of nitro groups is 1. The van der Waals surface area contributed by atoms with Gasteiger partial charge in [-0.05, 0) is 36.8 Å². The molecule has 0 fully saturated rings. The van der Waals surface area contributed by atoms with Crippen molar-refractivity contribution in [3.8, 4) is 5.75 Å². The molecule has 5 nitrogen and oxygen atoms in total. The van der Waals surface area contributed by atoms with Crippen molar-refractivity contribution in [1.29, 1.82) is 0 Å². The molecule has 0 aromatic heterocycles. The Labute approximate surface area is 127 Å². The smallest absolute Gasteiger partial charge is 0.275 e. The second-order valence-electron chi connectivity index (χ2n) is 4.53. The average Bonchev–Trinajstić information content (AvgIpc) is 2.45. The van der Waals surface area contributed by atoms with E-state index in [-0.39, 0.29) is 12.2 Å². The second-order valence-corrected chi connectivity index (χ2v) is 4.94. The van der Waals surface area contributed by atoms with Crippen molar-refractivity contribution in [2.24, 2.45) is 0 Å². The number of benzene rings is 2. The molecule has 0 spiro atoms. The van der Waals surface area contributed by atoms with Crippen molar-refractivity contribution in [3.63, 3.8) is 0 Å². The van der Waals surface area contributed by atoms with Gasteiger partial charge in [-0.2, -0.15) is 0 Å². The first-order valence-electron chi connectivity index (χ1n) is 6.33. The highest BCUT2D eigenvalue weighted by molar-refractivity contribution is 6.31. The Hall–Kier alpha value is -2.27. The summed E-state index contributed by atoms with van der Waals surface area (Å²) in [5.74, 6) is 0.796. The SMILES string of the molecule is COc1ccc(NCc2c(Cl)cccc2[N+](=O)[O-])cc1C. The number of hydrogen-bond donors (Lipinski definition) is 1. The summed E-state index contributed by atoms with van der Waals surface area (Å²) in [5.41, 5.74) is 2.32. The molecule has 0 saturated heterocycles. The van der Waals surface area contributed by atoms with Crippen molar-refractivity contribution in [1.82, 2.24) is 0 Å². The van der Waals surface area contributed by atoms with Gasteiger partial charge in [0.2, 0.25) is 0 Å². The molecule has 110 valence electrons. The summed E-state index contributed by atoms with van der Waals surface area (Å²) in [6, 6.07) is 10.3. The zero-order chi connectivity index (χ0) is 15.4. The largest absolute Gasteiger partial charge is 0.496 e. The molecule has 0 saturated carbocycles. The summed E-state index contributed by atoms with van der Waals surface area (Å²) < 4.78 is 5.19. The van der Waals surface area contributed by atoms with Crippen LogP contribution in [-0.2, 0) is 6.54 Å². The quantitative estimate of drug-likeness (QED) is 0.665. The van der Waals surface area contributed by atoms with Gasteiger partial charge in [0.25, 0.3) is 5.69 Å². The van der Waals surface area contributed by atoms with E-state index in [1.807, 2.05) is 25.1 Å². The Kier molecular flexibility index (Phi) is 4.65. The Bertz CT molecular complexity index is 674. The van der Waals surface area contributed by atoms with Crippen LogP contribution in [0.25, 0.3) is 0 Å². The molecule has 0 atom stereocenters. The standard InChI is InChI=1S/C15H15ClN2O3/c1-10-8-11(6-7-15(10)21-2)17-9-12-13(16)4-3-5-14(12)18(19)20/h3-8,17H,9H2,1-2H3. The van der Waals surface area contributed by atoms with Crippen LogP contribution >= 0.6 is 11.6 Å². The first kappa shape index (κ1) is 15.1. The van der Waals surface area contributed by atoms with Gasteiger partial charge in [0.05, 0.1) is 22.6 Å². The molecule has 0 aliphatic rings. The van der Waals surface area contributed by atoms with Crippen LogP contribution in [0.5, 0.6) is 5.75 Å². The highest BCUT2D eigenvalue weighted by Gasteiger charge is 2.16. The third-order valence-corrected chi connectivity index (χ3v) is 3.51. The van der Waals surface area contributed by atoms with Crippen LogP contribution in [0, 0.1) is 17.0 Å². The lowest BCUT2D eigenvalue weighted by molar-refractivity contribution is -0.385. The lowest BCUT2D eigenvalue weighted by atomic mass is 10.1. The number of nitro benzene ring substituents is 1. The molecule has 6 heteroatoms. The zero-order valence-corrected chi connectivity index (χ0v) is 12.5. The second kappa shape index (κ2) is 6.45. The molecule has 2 aromatic carbocycles. The van der Waals surface area contributed by atoms with Gasteiger partial charge in [-0.1, -0.05) is 17.7 Å². The normalized spacial score (nSPS) is 10.2. The van der Waals surface area contributed by atoms with Crippen LogP contribution in [0.15, 0.2) is 36.4 Å². The number of hydrogen-bond acceptors (Lipinski definition) is 4. The number of halogens is 1. The maximum atomic E-state index is 11.0. The van der Waals surface area contributed by atoms with E-state index in [2.05, 4.69) is 5.32 Å². The maximum absolute atomic E-state index is 11.0. The van der Waals surface area contributed by atoms with Crippen molar-refractivity contribution >= 4 is 23.0 Å². The fourth-order valence-electron chi connectivity index (χ4n) is 2.07. The van der Waals surface area contributed by atoms with Crippen molar-refractivity contribution < 1.29 is 9.66 Å². The molecule has 0 bridgehead atoms. The molecular formula is C15H15ClN2O3. The number of ether oxygens (including phenoxy) is 1. The highest BCUT2D eigenvalue weighted by atomic mass is 35.5. The minimum atomic E-state index is -0.428. The van der Waals surface area contributed by atoms with Crippen LogP contribution < -0.4 is 10.1 Å². The van der Waals surface area contributed by atoms with Crippen molar-refractivity contribution in [3.05, 3.63) is 62.7 Å². The van der Waals surface area contributed by atoms with E-state index in [9.17, 15) is 10.1 Å². The summed E-state index contributed by atoms with van der Waals surface area (Å²) in [6.45, 7) is 2.21. The van der Waals surface area contributed by atoms with E-state index < -0.39 is 4.92 Å². The van der Waals surface area contributed by atoms with Crippen LogP contribution in [0.1, 0.15) is 11.1 Å². The van der Waals surface area contributed by atoms with Crippen LogP contribution in [0.2, 0.25) is 5.02 Å². The lowest BCUT2D eigenvalue weighted by Crippen LogP contribution is -2.04. The van der Waals surface area contributed by atoms with Gasteiger partial charge < -0.3 is 10.1 Å². The van der Waals surface area contributed by atoms with Gasteiger partial charge in [-0.3, -0.25) is 10.1 Å². The van der Waals surface area contributed by atoms with Crippen LogP contribution in [0.4, 0.5) is 11.4 Å². The van der Waals surface area contributed by atoms with Crippen LogP contribution in [0.3, 0.4) is 0 Å². The molecule has 0 aliphatic carbocycles. The van der Waals surface area contributed by atoms with Gasteiger partial charge in [-0.15, -0.1) is 0 Å². The minimum Gasteiger partial charge on any atom is -0.496 e. The van der Waals surface area contributed by atoms with E-state index in [4.69, 9.17) is 16.3 Å². The number of rotatable bonds is 5. The Morgan fingerprint density at radius 3 is 2.71 bits per heavy atom. The Morgan fingerprint density at radius 1 is 1.33 bits per heavy atom. The topological polar surface area (TPSA) is 64.4 Å². The average molecular weight is 307 g/mol. The number of aryl methyl sites for hydroxylation is 1. The van der Waals surface area contributed by atoms with Crippen molar-refractivity contribution in [2.45, 2.75) is 13.5 Å². The van der Waals surface area contributed by atoms with Gasteiger partial charge in [0.1, 0.15) is 5.75 Å². The fraction of sp³-hybridized carbons (Fsp3) is 0.200. The van der Waals surface area contributed by atoms with E-state index in [1.165, 1.54) is 6.07 Å². The summed E-state index contributed by atoms with van der Waals surface area (Å²) in [7, 11) is 1.61. The van der Waals surface area contributed by atoms with E-state index in [1.54, 1.807) is 19.2 Å². The third kappa shape index (κ3) is 3.44. The van der Waals surface area contributed by atoms with Gasteiger partial charge in [-0.25, -0.2) is 0 Å². The monoisotopic (exact) mass is 306 g/mol. The number of methoxy groups -OCH3 is 1. The number of nitrogens with one attached hydrogen (secondary N) is 1. The van der Waals surface area contributed by atoms with Crippen molar-refractivity contribution in [2.75, 3.05) is 12.4 Å². The van der Waals surface area contributed by atoms with Gasteiger partial charge in [0, 0.05) is 18.3 Å². The predicted molar refractivity (Wildman–Crippen MR) is 83.2 cm³/mol. The Morgan fingerprint density at radius 2 is 2.10 bits per heavy atom. The lowest BCUT2D eigenvalue weighted by Gasteiger charge is -2.11. The molecule has 0 unspecified atom stereocenters. The molecule has 0 amide bonds. The molecule has 2 rings (SSSR count). The molecule has 0 heterocycles. The third-order valence-electron chi connectivity index (χ3n) is 3.15. The molecule has 2 aromatic rings. The summed E-state index contributed by atoms with van der Waals surface area (Å²) in [6.07, 6.45) is 0. The highest BCUT2D eigenvalue weighted by Crippen LogP contribution is 2.28. The summed E-state index contributed by atoms with van der Waals surface area (Å²) in [5, 5.41) is 14.5. The van der Waals surface area contributed by atoms with E-state index in [0.29, 0.717) is 10.6 Å². The molecule has 0 aliphatic heterocycles. The minimum absolute atomic E-state index is 0.0141. The molecule has 1 N–H and O–H groups in total. The van der Waals surface area contributed by atoms with E-state index >= 15 is 0 Å². The summed E-state index contributed by atoms with van der Waals surface area (Å²) >= 11 is 6.05. The predicted octanol–water partition coefficient (Wildman–Crippen LogP) is 4.18. The van der Waals surface area contributed by atoms with Gasteiger partial charge in [0.15, 0.2) is 0 Å². The first-order chi connectivity index (χ1) is 10.0. The maximum Gasteiger partial charge on any atom is 0.275 e. The number of anilines is 1. The fourth-order valence-corrected chi connectivity index (χ4v) is 2.31. The summed E-state index contributed by atoms with van der Waals surface area (Å²) in [4.78, 5) is 10.6. The van der Waals surface area contributed by atoms with Gasteiger partial charge >= 0.3 is 0 Å². The number of nitrogens with zero attached hydrogens (tertiary/aromatic N) is 1. The van der Waals surface area contributed by atoms with E-state index in [0.717, 1.165) is 17.0 Å². The molecule has 0 radical (unpaired) electrons. The Balaban J connectivity index is 2.20. The first-order valence-corrected chi connectivity index (χ1v) is 6.71. The molecular weight excluding hydrogens is 292 g/mol. The van der Waals surface area contributed by atoms with Crippen LogP contribution in [-0.4, -0.2) is 12.0 Å².